The van der Waals surface area contributed by atoms with Crippen molar-refractivity contribution in [3.63, 3.8) is 0 Å². The summed E-state index contributed by atoms with van der Waals surface area (Å²) in [5.41, 5.74) is 1.66. The molecule has 0 bridgehead atoms. The van der Waals surface area contributed by atoms with Crippen molar-refractivity contribution < 1.29 is 14.7 Å². The Morgan fingerprint density at radius 2 is 2.33 bits per heavy atom. The van der Waals surface area contributed by atoms with E-state index in [-0.39, 0.29) is 18.4 Å². The predicted octanol–water partition coefficient (Wildman–Crippen LogP) is 1.43. The van der Waals surface area contributed by atoms with E-state index in [1.54, 1.807) is 24.2 Å². The molecule has 0 saturated carbocycles. The van der Waals surface area contributed by atoms with Gasteiger partial charge < -0.3 is 15.0 Å². The largest absolute Gasteiger partial charge is 0.481 e. The van der Waals surface area contributed by atoms with E-state index in [9.17, 15) is 9.59 Å². The normalized spacial score (nSPS) is 21.9. The molecule has 0 aliphatic carbocycles. The number of nitrogens with zero attached hydrogens (tertiary/aromatic N) is 2. The van der Waals surface area contributed by atoms with Crippen molar-refractivity contribution in [1.82, 2.24) is 14.9 Å². The molecule has 2 aromatic heterocycles. The Labute approximate surface area is 121 Å². The maximum atomic E-state index is 12.4. The Morgan fingerprint density at radius 3 is 3.05 bits per heavy atom. The van der Waals surface area contributed by atoms with Crippen LogP contribution < -0.4 is 0 Å². The van der Waals surface area contributed by atoms with E-state index in [0.29, 0.717) is 13.0 Å². The molecule has 1 aliphatic heterocycles. The number of H-pyrrole nitrogens is 1. The van der Waals surface area contributed by atoms with Crippen LogP contribution in [0.3, 0.4) is 0 Å². The van der Waals surface area contributed by atoms with Gasteiger partial charge in [0.25, 0.3) is 0 Å². The fraction of sp³-hybridized carbons (Fsp3) is 0.400. The highest BCUT2D eigenvalue weighted by Crippen LogP contribution is 2.26. The van der Waals surface area contributed by atoms with Crippen LogP contribution in [0, 0.1) is 5.92 Å². The van der Waals surface area contributed by atoms with Gasteiger partial charge in [0.2, 0.25) is 5.91 Å². The Bertz CT molecular complexity index is 694. The van der Waals surface area contributed by atoms with Gasteiger partial charge in [-0.2, -0.15) is 0 Å². The molecule has 2 unspecified atom stereocenters. The fourth-order valence-electron chi connectivity index (χ4n) is 3.05. The van der Waals surface area contributed by atoms with Gasteiger partial charge in [-0.25, -0.2) is 4.98 Å². The smallest absolute Gasteiger partial charge is 0.308 e. The summed E-state index contributed by atoms with van der Waals surface area (Å²) in [6.45, 7) is 2.32. The summed E-state index contributed by atoms with van der Waals surface area (Å²) in [5.74, 6) is -1.32. The maximum absolute atomic E-state index is 12.4. The minimum atomic E-state index is -0.825. The zero-order valence-electron chi connectivity index (χ0n) is 11.7. The minimum Gasteiger partial charge on any atom is -0.481 e. The molecule has 0 spiro atoms. The van der Waals surface area contributed by atoms with Crippen molar-refractivity contribution in [2.75, 3.05) is 6.54 Å². The lowest BCUT2D eigenvalue weighted by atomic mass is 10.0. The SMILES string of the molecule is CC1C(C(=O)O)CCN1C(=O)Cc1c[nH]c2ncccc12. The van der Waals surface area contributed by atoms with Crippen molar-refractivity contribution in [1.29, 1.82) is 0 Å². The molecular formula is C15H17N3O3. The molecule has 0 aromatic carbocycles. The topological polar surface area (TPSA) is 86.3 Å². The summed E-state index contributed by atoms with van der Waals surface area (Å²) in [5, 5.41) is 10.1. The third kappa shape index (κ3) is 2.37. The summed E-state index contributed by atoms with van der Waals surface area (Å²) in [7, 11) is 0. The Kier molecular flexibility index (Phi) is 3.37. The van der Waals surface area contributed by atoms with Gasteiger partial charge in [-0.05, 0) is 31.0 Å². The Morgan fingerprint density at radius 1 is 1.52 bits per heavy atom. The van der Waals surface area contributed by atoms with Gasteiger partial charge in [0.05, 0.1) is 12.3 Å². The van der Waals surface area contributed by atoms with Crippen LogP contribution in [0.2, 0.25) is 0 Å². The Hall–Kier alpha value is -2.37. The zero-order valence-corrected chi connectivity index (χ0v) is 11.7. The van der Waals surface area contributed by atoms with E-state index in [0.717, 1.165) is 16.6 Å². The summed E-state index contributed by atoms with van der Waals surface area (Å²) in [4.78, 5) is 32.5. The van der Waals surface area contributed by atoms with Gasteiger partial charge in [-0.1, -0.05) is 0 Å². The molecule has 1 fully saturated rings. The number of aromatic amines is 1. The third-order valence-electron chi connectivity index (χ3n) is 4.27. The van der Waals surface area contributed by atoms with Crippen molar-refractivity contribution in [3.8, 4) is 0 Å². The summed E-state index contributed by atoms with van der Waals surface area (Å²) in [6, 6.07) is 3.51. The van der Waals surface area contributed by atoms with Gasteiger partial charge in [-0.3, -0.25) is 9.59 Å². The van der Waals surface area contributed by atoms with Crippen LogP contribution in [0.1, 0.15) is 18.9 Å². The molecule has 1 aliphatic rings. The second-order valence-corrected chi connectivity index (χ2v) is 5.45. The van der Waals surface area contributed by atoms with E-state index < -0.39 is 11.9 Å². The summed E-state index contributed by atoms with van der Waals surface area (Å²) in [6.07, 6.45) is 4.29. The molecule has 2 aromatic rings. The second kappa shape index (κ2) is 5.20. The lowest BCUT2D eigenvalue weighted by molar-refractivity contribution is -0.143. The quantitative estimate of drug-likeness (QED) is 0.894. The van der Waals surface area contributed by atoms with Gasteiger partial charge in [0.15, 0.2) is 0 Å². The molecule has 110 valence electrons. The maximum Gasteiger partial charge on any atom is 0.308 e. The molecule has 1 saturated heterocycles. The number of carbonyl (C=O) groups is 2. The van der Waals surface area contributed by atoms with Crippen molar-refractivity contribution >= 4 is 22.9 Å². The van der Waals surface area contributed by atoms with E-state index in [2.05, 4.69) is 9.97 Å². The first-order valence-corrected chi connectivity index (χ1v) is 7.01. The van der Waals surface area contributed by atoms with Crippen LogP contribution in [0.5, 0.6) is 0 Å². The average molecular weight is 287 g/mol. The average Bonchev–Trinajstić information content (AvgIpc) is 3.03. The van der Waals surface area contributed by atoms with E-state index in [1.807, 2.05) is 12.1 Å². The second-order valence-electron chi connectivity index (χ2n) is 5.45. The first kappa shape index (κ1) is 13.6. The van der Waals surface area contributed by atoms with Gasteiger partial charge in [0, 0.05) is 30.4 Å². The standard InChI is InChI=1S/C15H17N3O3/c1-9-11(15(20)21)4-6-18(9)13(19)7-10-8-17-14-12(10)3-2-5-16-14/h2-3,5,8-9,11H,4,6-7H2,1H3,(H,16,17)(H,20,21). The van der Waals surface area contributed by atoms with E-state index in [1.165, 1.54) is 0 Å². The van der Waals surface area contributed by atoms with Crippen LogP contribution >= 0.6 is 0 Å². The number of carboxylic acid groups (broad SMARTS) is 1. The number of fused-ring (bicyclic) bond motifs is 1. The molecule has 3 rings (SSSR count). The molecule has 3 heterocycles. The molecule has 2 N–H and O–H groups in total. The van der Waals surface area contributed by atoms with Crippen molar-refractivity contribution in [2.45, 2.75) is 25.8 Å². The number of hydrogen-bond acceptors (Lipinski definition) is 3. The van der Waals surface area contributed by atoms with Crippen LogP contribution in [0.4, 0.5) is 0 Å². The number of hydrogen-bond donors (Lipinski definition) is 2. The molecular weight excluding hydrogens is 270 g/mol. The van der Waals surface area contributed by atoms with E-state index >= 15 is 0 Å². The van der Waals surface area contributed by atoms with Crippen LogP contribution in [0.25, 0.3) is 11.0 Å². The lowest BCUT2D eigenvalue weighted by Gasteiger charge is -2.23. The number of aromatic nitrogens is 2. The lowest BCUT2D eigenvalue weighted by Crippen LogP contribution is -2.38. The number of amides is 1. The predicted molar refractivity (Wildman–Crippen MR) is 76.7 cm³/mol. The molecule has 21 heavy (non-hydrogen) atoms. The number of aliphatic carboxylic acids is 1. The molecule has 2 atom stereocenters. The highest BCUT2D eigenvalue weighted by atomic mass is 16.4. The zero-order chi connectivity index (χ0) is 15.0. The van der Waals surface area contributed by atoms with Crippen LogP contribution in [-0.2, 0) is 16.0 Å². The van der Waals surface area contributed by atoms with Crippen LogP contribution in [0.15, 0.2) is 24.5 Å². The minimum absolute atomic E-state index is 0.0315. The highest BCUT2D eigenvalue weighted by Gasteiger charge is 2.37. The first-order valence-electron chi connectivity index (χ1n) is 7.01. The number of carboxylic acids is 1. The molecule has 6 nitrogen and oxygen atoms in total. The van der Waals surface area contributed by atoms with Crippen LogP contribution in [-0.4, -0.2) is 44.4 Å². The fourth-order valence-corrected chi connectivity index (χ4v) is 3.05. The van der Waals surface area contributed by atoms with E-state index in [4.69, 9.17) is 5.11 Å². The highest BCUT2D eigenvalue weighted by molar-refractivity contribution is 5.87. The van der Waals surface area contributed by atoms with Gasteiger partial charge in [-0.15, -0.1) is 0 Å². The number of nitrogens with one attached hydrogen (secondary N) is 1. The van der Waals surface area contributed by atoms with Gasteiger partial charge in [0.1, 0.15) is 5.65 Å². The molecule has 6 heteroatoms. The number of likely N-dealkylation sites (tertiary alicyclic amines) is 1. The summed E-state index contributed by atoms with van der Waals surface area (Å²) < 4.78 is 0. The number of pyridine rings is 1. The monoisotopic (exact) mass is 287 g/mol. The first-order chi connectivity index (χ1) is 10.1. The molecule has 0 radical (unpaired) electrons. The molecule has 1 amide bonds. The Balaban J connectivity index is 1.76. The third-order valence-corrected chi connectivity index (χ3v) is 4.27. The van der Waals surface area contributed by atoms with Crippen molar-refractivity contribution in [3.05, 3.63) is 30.1 Å². The number of carbonyl (C=O) groups excluding carboxylic acids is 1. The van der Waals surface area contributed by atoms with Gasteiger partial charge >= 0.3 is 5.97 Å². The van der Waals surface area contributed by atoms with Crippen molar-refractivity contribution in [2.24, 2.45) is 5.92 Å². The number of rotatable bonds is 3. The summed E-state index contributed by atoms with van der Waals surface area (Å²) >= 11 is 0.